The summed E-state index contributed by atoms with van der Waals surface area (Å²) in [5, 5.41) is 1.77. The van der Waals surface area contributed by atoms with Crippen LogP contribution in [0.5, 0.6) is 0 Å². The van der Waals surface area contributed by atoms with E-state index < -0.39 is 0 Å². The number of benzene rings is 1. The van der Waals surface area contributed by atoms with Gasteiger partial charge in [-0.05, 0) is 5.56 Å². The van der Waals surface area contributed by atoms with Crippen LogP contribution in [-0.2, 0) is 4.74 Å². The minimum absolute atomic E-state index is 0.0916. The van der Waals surface area contributed by atoms with E-state index in [4.69, 9.17) is 4.74 Å². The molecule has 14 heavy (non-hydrogen) atoms. The van der Waals surface area contributed by atoms with Gasteiger partial charge in [0.1, 0.15) is 6.61 Å². The molecular weight excluding hydrogens is 180 g/mol. The number of carbonyl (C=O) groups excluding carboxylic acids is 1. The van der Waals surface area contributed by atoms with Crippen molar-refractivity contribution >= 4 is 6.09 Å². The van der Waals surface area contributed by atoms with E-state index in [9.17, 15) is 4.79 Å². The first kappa shape index (κ1) is 9.02. The summed E-state index contributed by atoms with van der Waals surface area (Å²) >= 11 is 0. The number of carbonyl (C=O) groups is 1. The molecule has 1 aromatic carbocycles. The molecule has 4 heteroatoms. The maximum atomic E-state index is 10.9. The monoisotopic (exact) mass is 192 g/mol. The predicted octanol–water partition coefficient (Wildman–Crippen LogP) is 1.31. The minimum Gasteiger partial charge on any atom is -0.447 e. The molecule has 1 atom stereocenters. The lowest BCUT2D eigenvalue weighted by molar-refractivity contribution is 0.0232. The van der Waals surface area contributed by atoms with Crippen LogP contribution in [0.15, 0.2) is 30.3 Å². The number of likely N-dealkylation sites (N-methyl/N-ethyl adjacent to an activating group) is 1. The van der Waals surface area contributed by atoms with Gasteiger partial charge < -0.3 is 4.74 Å². The van der Waals surface area contributed by atoms with Gasteiger partial charge in [-0.2, -0.15) is 0 Å². The van der Waals surface area contributed by atoms with Crippen molar-refractivity contribution in [2.75, 3.05) is 13.7 Å². The van der Waals surface area contributed by atoms with Gasteiger partial charge in [-0.25, -0.2) is 9.80 Å². The molecule has 0 aliphatic carbocycles. The van der Waals surface area contributed by atoms with E-state index in [1.54, 1.807) is 5.01 Å². The van der Waals surface area contributed by atoms with Crippen LogP contribution in [0.3, 0.4) is 0 Å². The first-order valence-electron chi connectivity index (χ1n) is 4.48. The van der Waals surface area contributed by atoms with Gasteiger partial charge in [-0.15, -0.1) is 0 Å². The zero-order valence-corrected chi connectivity index (χ0v) is 7.93. The van der Waals surface area contributed by atoms with E-state index >= 15 is 0 Å². The minimum atomic E-state index is -0.389. The van der Waals surface area contributed by atoms with Crippen LogP contribution in [0.25, 0.3) is 0 Å². The first-order valence-corrected chi connectivity index (χ1v) is 4.48. The fourth-order valence-electron chi connectivity index (χ4n) is 1.52. The average molecular weight is 192 g/mol. The van der Waals surface area contributed by atoms with Crippen molar-refractivity contribution in [3.63, 3.8) is 0 Å². The summed E-state index contributed by atoms with van der Waals surface area (Å²) in [6.07, 6.45) is -0.389. The summed E-state index contributed by atoms with van der Waals surface area (Å²) < 4.78 is 4.92. The van der Waals surface area contributed by atoms with Crippen LogP contribution in [0.1, 0.15) is 11.6 Å². The Morgan fingerprint density at radius 2 is 2.14 bits per heavy atom. The summed E-state index contributed by atoms with van der Waals surface area (Å²) in [6.45, 7) is 0.395. The molecule has 0 radical (unpaired) electrons. The van der Waals surface area contributed by atoms with Gasteiger partial charge >= 0.3 is 6.09 Å². The molecule has 1 amide bonds. The number of hydrogen-bond donors (Lipinski definition) is 1. The third kappa shape index (κ3) is 1.70. The molecule has 1 aliphatic heterocycles. The predicted molar refractivity (Wildman–Crippen MR) is 51.4 cm³/mol. The van der Waals surface area contributed by atoms with E-state index in [0.29, 0.717) is 6.61 Å². The van der Waals surface area contributed by atoms with Gasteiger partial charge in [-0.3, -0.25) is 5.43 Å². The fraction of sp³-hybridized carbons (Fsp3) is 0.300. The first-order chi connectivity index (χ1) is 6.77. The van der Waals surface area contributed by atoms with E-state index in [0.717, 1.165) is 5.56 Å². The van der Waals surface area contributed by atoms with Gasteiger partial charge in [0.2, 0.25) is 0 Å². The van der Waals surface area contributed by atoms with Crippen LogP contribution in [-0.4, -0.2) is 24.8 Å². The highest BCUT2D eigenvalue weighted by atomic mass is 16.6. The van der Waals surface area contributed by atoms with E-state index in [1.807, 2.05) is 37.4 Å². The van der Waals surface area contributed by atoms with Crippen LogP contribution in [0, 0.1) is 0 Å². The van der Waals surface area contributed by atoms with Crippen LogP contribution in [0.2, 0.25) is 0 Å². The standard InChI is InChI=1S/C10H12N2O2/c1-12-9(7-14-10(13)11-12)8-5-3-2-4-6-8/h2-6,9H,7H2,1H3,(H,11,13)/t9-/m0/s1. The second kappa shape index (κ2) is 3.67. The highest BCUT2D eigenvalue weighted by Gasteiger charge is 2.25. The number of cyclic esters (lactones) is 1. The Morgan fingerprint density at radius 1 is 1.43 bits per heavy atom. The van der Waals surface area contributed by atoms with Gasteiger partial charge in [0, 0.05) is 7.05 Å². The maximum absolute atomic E-state index is 10.9. The van der Waals surface area contributed by atoms with Gasteiger partial charge in [0.25, 0.3) is 0 Å². The SMILES string of the molecule is CN1NC(=O)OC[C@H]1c1ccccc1. The van der Waals surface area contributed by atoms with Crippen molar-refractivity contribution in [3.8, 4) is 0 Å². The number of nitrogens with zero attached hydrogens (tertiary/aromatic N) is 1. The Hall–Kier alpha value is -1.55. The molecule has 1 heterocycles. The molecule has 1 aromatic rings. The molecule has 0 bridgehead atoms. The van der Waals surface area contributed by atoms with Crippen molar-refractivity contribution in [1.29, 1.82) is 0 Å². The third-order valence-corrected chi connectivity index (χ3v) is 2.29. The third-order valence-electron chi connectivity index (χ3n) is 2.29. The van der Waals surface area contributed by atoms with Crippen LogP contribution in [0.4, 0.5) is 4.79 Å². The number of nitrogens with one attached hydrogen (secondary N) is 1. The molecule has 1 N–H and O–H groups in total. The van der Waals surface area contributed by atoms with Gasteiger partial charge in [0.15, 0.2) is 0 Å². The Morgan fingerprint density at radius 3 is 2.79 bits per heavy atom. The topological polar surface area (TPSA) is 41.6 Å². The highest BCUT2D eigenvalue weighted by Crippen LogP contribution is 2.20. The van der Waals surface area contributed by atoms with Gasteiger partial charge in [-0.1, -0.05) is 30.3 Å². The molecule has 2 rings (SSSR count). The zero-order valence-electron chi connectivity index (χ0n) is 7.93. The van der Waals surface area contributed by atoms with Gasteiger partial charge in [0.05, 0.1) is 6.04 Å². The Balaban J connectivity index is 2.16. The molecule has 0 spiro atoms. The van der Waals surface area contributed by atoms with Crippen molar-refractivity contribution in [2.24, 2.45) is 0 Å². The lowest BCUT2D eigenvalue weighted by atomic mass is 10.1. The number of hydrogen-bond acceptors (Lipinski definition) is 3. The second-order valence-electron chi connectivity index (χ2n) is 3.25. The molecule has 4 nitrogen and oxygen atoms in total. The molecule has 74 valence electrons. The highest BCUT2D eigenvalue weighted by molar-refractivity contribution is 5.67. The van der Waals surface area contributed by atoms with Crippen molar-refractivity contribution < 1.29 is 9.53 Å². The molecule has 1 fully saturated rings. The number of hydrazine groups is 1. The average Bonchev–Trinajstić information content (AvgIpc) is 2.19. The van der Waals surface area contributed by atoms with Crippen molar-refractivity contribution in [3.05, 3.63) is 35.9 Å². The van der Waals surface area contributed by atoms with E-state index in [-0.39, 0.29) is 12.1 Å². The summed E-state index contributed by atoms with van der Waals surface area (Å²) in [5.74, 6) is 0. The number of amides is 1. The number of ether oxygens (including phenoxy) is 1. The summed E-state index contributed by atoms with van der Waals surface area (Å²) in [6, 6.07) is 10.0. The van der Waals surface area contributed by atoms with E-state index in [2.05, 4.69) is 5.43 Å². The lowest BCUT2D eigenvalue weighted by Gasteiger charge is -2.32. The summed E-state index contributed by atoms with van der Waals surface area (Å²) in [4.78, 5) is 10.9. The van der Waals surface area contributed by atoms with E-state index in [1.165, 1.54) is 0 Å². The summed E-state index contributed by atoms with van der Waals surface area (Å²) in [5.41, 5.74) is 3.73. The molecular formula is C10H12N2O2. The second-order valence-corrected chi connectivity index (χ2v) is 3.25. The molecule has 1 aliphatic rings. The molecule has 1 saturated heterocycles. The Bertz CT molecular complexity index is 326. The van der Waals surface area contributed by atoms with Crippen molar-refractivity contribution in [2.45, 2.75) is 6.04 Å². The quantitative estimate of drug-likeness (QED) is 0.729. The van der Waals surface area contributed by atoms with Crippen LogP contribution < -0.4 is 5.43 Å². The maximum Gasteiger partial charge on any atom is 0.421 e. The van der Waals surface area contributed by atoms with Crippen LogP contribution >= 0.6 is 0 Å². The largest absolute Gasteiger partial charge is 0.447 e. The Kier molecular flexibility index (Phi) is 2.37. The lowest BCUT2D eigenvalue weighted by Crippen LogP contribution is -2.48. The zero-order chi connectivity index (χ0) is 9.97. The molecule has 0 saturated carbocycles. The molecule has 0 aromatic heterocycles. The number of rotatable bonds is 1. The molecule has 0 unspecified atom stereocenters. The fourth-order valence-corrected chi connectivity index (χ4v) is 1.52. The van der Waals surface area contributed by atoms with Crippen molar-refractivity contribution in [1.82, 2.24) is 10.4 Å². The Labute approximate surface area is 82.4 Å². The summed E-state index contributed by atoms with van der Waals surface area (Å²) in [7, 11) is 1.83. The normalized spacial score (nSPS) is 22.6. The smallest absolute Gasteiger partial charge is 0.421 e.